The van der Waals surface area contributed by atoms with Gasteiger partial charge in [-0.15, -0.1) is 0 Å². The van der Waals surface area contributed by atoms with E-state index in [1.165, 1.54) is 0 Å². The monoisotopic (exact) mass is 169 g/mol. The first-order valence-electron chi connectivity index (χ1n) is 3.69. The van der Waals surface area contributed by atoms with Crippen molar-refractivity contribution in [3.63, 3.8) is 0 Å². The molecule has 4 N–H and O–H groups in total. The molecular weight excluding hydrogens is 158 g/mol. The summed E-state index contributed by atoms with van der Waals surface area (Å²) in [7, 11) is 0. The molecule has 0 aromatic rings. The fourth-order valence-electron chi connectivity index (χ4n) is 1.03. The Morgan fingerprint density at radius 1 is 1.75 bits per heavy atom. The van der Waals surface area contributed by atoms with Crippen molar-refractivity contribution in [2.75, 3.05) is 0 Å². The molecule has 0 aliphatic carbocycles. The molecule has 1 aliphatic rings. The second-order valence-electron chi connectivity index (χ2n) is 2.62. The third kappa shape index (κ3) is 2.61. The molecule has 1 unspecified atom stereocenters. The van der Waals surface area contributed by atoms with Crippen LogP contribution in [0.15, 0.2) is 12.3 Å². The van der Waals surface area contributed by atoms with Crippen LogP contribution in [-0.4, -0.2) is 18.0 Å². The Hall–Kier alpha value is -1.52. The fourth-order valence-corrected chi connectivity index (χ4v) is 1.03. The highest BCUT2D eigenvalue weighted by atomic mass is 16.2. The SMILES string of the molecule is NC(=O)CC1CC=CNC(=O)N1. The van der Waals surface area contributed by atoms with Gasteiger partial charge in [-0.25, -0.2) is 4.79 Å². The van der Waals surface area contributed by atoms with Crippen LogP contribution >= 0.6 is 0 Å². The van der Waals surface area contributed by atoms with Crippen molar-refractivity contribution in [3.8, 4) is 0 Å². The number of hydrogen-bond acceptors (Lipinski definition) is 2. The van der Waals surface area contributed by atoms with E-state index in [-0.39, 0.29) is 18.5 Å². The van der Waals surface area contributed by atoms with E-state index < -0.39 is 5.91 Å². The van der Waals surface area contributed by atoms with Gasteiger partial charge in [-0.05, 0) is 6.42 Å². The lowest BCUT2D eigenvalue weighted by Gasteiger charge is -2.11. The van der Waals surface area contributed by atoms with Crippen molar-refractivity contribution < 1.29 is 9.59 Å². The van der Waals surface area contributed by atoms with E-state index in [0.717, 1.165) is 0 Å². The maximum atomic E-state index is 10.8. The summed E-state index contributed by atoms with van der Waals surface area (Å²) in [5.41, 5.74) is 4.99. The maximum absolute atomic E-state index is 10.8. The number of carbonyl (C=O) groups excluding carboxylic acids is 2. The molecule has 0 aromatic carbocycles. The number of primary amides is 1. The quantitative estimate of drug-likeness (QED) is 0.518. The standard InChI is InChI=1S/C7H11N3O2/c8-6(11)4-5-2-1-3-9-7(12)10-5/h1,3,5H,2,4H2,(H2,8,11)(H2,9,10,12). The molecule has 1 aliphatic heterocycles. The lowest BCUT2D eigenvalue weighted by molar-refractivity contribution is -0.118. The highest BCUT2D eigenvalue weighted by Crippen LogP contribution is 2.00. The van der Waals surface area contributed by atoms with Gasteiger partial charge in [0.1, 0.15) is 0 Å². The van der Waals surface area contributed by atoms with Crippen LogP contribution in [0.3, 0.4) is 0 Å². The van der Waals surface area contributed by atoms with E-state index in [9.17, 15) is 9.59 Å². The summed E-state index contributed by atoms with van der Waals surface area (Å²) >= 11 is 0. The minimum Gasteiger partial charge on any atom is -0.370 e. The smallest absolute Gasteiger partial charge is 0.318 e. The van der Waals surface area contributed by atoms with Crippen molar-refractivity contribution in [2.45, 2.75) is 18.9 Å². The molecule has 5 heteroatoms. The summed E-state index contributed by atoms with van der Waals surface area (Å²) in [6, 6.07) is -0.476. The number of amides is 3. The van der Waals surface area contributed by atoms with Gasteiger partial charge in [-0.2, -0.15) is 0 Å². The third-order valence-electron chi connectivity index (χ3n) is 1.54. The van der Waals surface area contributed by atoms with Gasteiger partial charge in [0.25, 0.3) is 0 Å². The number of nitrogens with two attached hydrogens (primary N) is 1. The molecule has 0 saturated heterocycles. The zero-order valence-corrected chi connectivity index (χ0v) is 6.54. The summed E-state index contributed by atoms with van der Waals surface area (Å²) < 4.78 is 0. The van der Waals surface area contributed by atoms with Gasteiger partial charge in [-0.3, -0.25) is 4.79 Å². The number of nitrogens with one attached hydrogen (secondary N) is 2. The van der Waals surface area contributed by atoms with Gasteiger partial charge in [-0.1, -0.05) is 6.08 Å². The van der Waals surface area contributed by atoms with Crippen LogP contribution in [0.25, 0.3) is 0 Å². The van der Waals surface area contributed by atoms with Gasteiger partial charge in [0.05, 0.1) is 0 Å². The summed E-state index contributed by atoms with van der Waals surface area (Å²) in [5.74, 6) is -0.407. The molecule has 0 bridgehead atoms. The van der Waals surface area contributed by atoms with E-state index in [1.807, 2.05) is 0 Å². The minimum atomic E-state index is -0.407. The lowest BCUT2D eigenvalue weighted by Crippen LogP contribution is -2.40. The van der Waals surface area contributed by atoms with Crippen molar-refractivity contribution in [1.82, 2.24) is 10.6 Å². The van der Waals surface area contributed by atoms with Gasteiger partial charge in [0.2, 0.25) is 5.91 Å². The number of rotatable bonds is 2. The predicted octanol–water partition coefficient (Wildman–Crippen LogP) is -0.553. The van der Waals surface area contributed by atoms with E-state index in [4.69, 9.17) is 5.73 Å². The first kappa shape index (κ1) is 8.58. The Kier molecular flexibility index (Phi) is 2.68. The molecule has 5 nitrogen and oxygen atoms in total. The highest BCUT2D eigenvalue weighted by molar-refractivity contribution is 5.78. The zero-order valence-electron chi connectivity index (χ0n) is 6.54. The van der Waals surface area contributed by atoms with Gasteiger partial charge in [0.15, 0.2) is 0 Å². The number of carbonyl (C=O) groups is 2. The summed E-state index contributed by atoms with van der Waals surface area (Å²) in [5, 5.41) is 5.06. The molecule has 0 fully saturated rings. The summed E-state index contributed by atoms with van der Waals surface area (Å²) in [4.78, 5) is 21.4. The molecule has 0 saturated carbocycles. The van der Waals surface area contributed by atoms with E-state index in [1.54, 1.807) is 12.3 Å². The Labute approximate surface area is 70.0 Å². The molecule has 1 rings (SSSR count). The maximum Gasteiger partial charge on any atom is 0.318 e. The Morgan fingerprint density at radius 3 is 3.17 bits per heavy atom. The fraction of sp³-hybridized carbons (Fsp3) is 0.429. The van der Waals surface area contributed by atoms with Gasteiger partial charge >= 0.3 is 6.03 Å². The molecule has 0 radical (unpaired) electrons. The van der Waals surface area contributed by atoms with Crippen LogP contribution < -0.4 is 16.4 Å². The van der Waals surface area contributed by atoms with Crippen LogP contribution in [0.4, 0.5) is 4.79 Å². The van der Waals surface area contributed by atoms with E-state index >= 15 is 0 Å². The summed E-state index contributed by atoms with van der Waals surface area (Å²) in [6.07, 6.45) is 4.14. The van der Waals surface area contributed by atoms with Crippen LogP contribution in [-0.2, 0) is 4.79 Å². The molecular formula is C7H11N3O2. The predicted molar refractivity (Wildman–Crippen MR) is 43.0 cm³/mol. The van der Waals surface area contributed by atoms with Crippen molar-refractivity contribution in [1.29, 1.82) is 0 Å². The van der Waals surface area contributed by atoms with Crippen molar-refractivity contribution >= 4 is 11.9 Å². The first-order valence-corrected chi connectivity index (χ1v) is 3.69. The molecule has 0 aromatic heterocycles. The molecule has 12 heavy (non-hydrogen) atoms. The van der Waals surface area contributed by atoms with E-state index in [2.05, 4.69) is 10.6 Å². The second kappa shape index (κ2) is 3.75. The molecule has 1 atom stereocenters. The van der Waals surface area contributed by atoms with E-state index in [0.29, 0.717) is 6.42 Å². The van der Waals surface area contributed by atoms with Crippen LogP contribution in [0, 0.1) is 0 Å². The normalized spacial score (nSPS) is 22.3. The Morgan fingerprint density at radius 2 is 2.50 bits per heavy atom. The highest BCUT2D eigenvalue weighted by Gasteiger charge is 2.14. The number of urea groups is 1. The van der Waals surface area contributed by atoms with Crippen molar-refractivity contribution in [3.05, 3.63) is 12.3 Å². The molecule has 66 valence electrons. The lowest BCUT2D eigenvalue weighted by atomic mass is 10.1. The minimum absolute atomic E-state index is 0.178. The van der Waals surface area contributed by atoms with Crippen LogP contribution in [0.2, 0.25) is 0 Å². The summed E-state index contributed by atoms with van der Waals surface area (Å²) in [6.45, 7) is 0. The third-order valence-corrected chi connectivity index (χ3v) is 1.54. The average Bonchev–Trinajstić information content (AvgIpc) is 2.12. The first-order chi connectivity index (χ1) is 5.68. The molecule has 0 spiro atoms. The average molecular weight is 169 g/mol. The van der Waals surface area contributed by atoms with Crippen LogP contribution in [0.5, 0.6) is 0 Å². The van der Waals surface area contributed by atoms with Crippen LogP contribution in [0.1, 0.15) is 12.8 Å². The largest absolute Gasteiger partial charge is 0.370 e. The Balaban J connectivity index is 2.48. The van der Waals surface area contributed by atoms with Gasteiger partial charge < -0.3 is 16.4 Å². The van der Waals surface area contributed by atoms with Gasteiger partial charge in [0, 0.05) is 18.7 Å². The topological polar surface area (TPSA) is 84.2 Å². The van der Waals surface area contributed by atoms with Crippen molar-refractivity contribution in [2.24, 2.45) is 5.73 Å². The molecule has 3 amide bonds. The Bertz CT molecular complexity index is 225. The number of hydrogen-bond donors (Lipinski definition) is 3. The molecule has 1 heterocycles. The second-order valence-corrected chi connectivity index (χ2v) is 2.62. The zero-order chi connectivity index (χ0) is 8.97.